The summed E-state index contributed by atoms with van der Waals surface area (Å²) in [5.41, 5.74) is 0. The van der Waals surface area contributed by atoms with Crippen LogP contribution < -0.4 is 0 Å². The lowest BCUT2D eigenvalue weighted by molar-refractivity contribution is -0.150. The Balaban J connectivity index is 3.04. The van der Waals surface area contributed by atoms with Crippen molar-refractivity contribution in [1.29, 1.82) is 0 Å². The second-order valence-electron chi connectivity index (χ2n) is 4.50. The highest BCUT2D eigenvalue weighted by molar-refractivity contribution is 5.71. The van der Waals surface area contributed by atoms with Crippen molar-refractivity contribution in [3.05, 3.63) is 0 Å². The maximum absolute atomic E-state index is 10.5. The van der Waals surface area contributed by atoms with Gasteiger partial charge in [0.1, 0.15) is 0 Å². The molecule has 1 atom stereocenters. The van der Waals surface area contributed by atoms with Gasteiger partial charge in [0.15, 0.2) is 6.10 Å². The van der Waals surface area contributed by atoms with Crippen LogP contribution in [0, 0.1) is 0 Å². The van der Waals surface area contributed by atoms with Gasteiger partial charge < -0.3 is 33.5 Å². The molecule has 0 aliphatic heterocycles. The van der Waals surface area contributed by atoms with Gasteiger partial charge in [-0.25, -0.2) is 4.79 Å². The molecule has 0 amide bonds. The molecule has 8 heteroatoms. The van der Waals surface area contributed by atoms with Gasteiger partial charge in [-0.15, -0.1) is 0 Å². The van der Waals surface area contributed by atoms with E-state index in [0.717, 1.165) is 0 Å². The van der Waals surface area contributed by atoms with Crippen LogP contribution >= 0.6 is 0 Å². The van der Waals surface area contributed by atoms with E-state index in [0.29, 0.717) is 66.1 Å². The quantitative estimate of drug-likeness (QED) is 0.363. The molecule has 0 radical (unpaired) electrons. The highest BCUT2D eigenvalue weighted by Crippen LogP contribution is 1.90. The first-order chi connectivity index (χ1) is 11.2. The SMILES string of the molecule is CCOCCOCCOCCOCCOCCOC(C)C(=O)O. The predicted octanol–water partition coefficient (Wildman–Crippen LogP) is 0.579. The normalized spacial score (nSPS) is 12.4. The summed E-state index contributed by atoms with van der Waals surface area (Å²) in [7, 11) is 0. The van der Waals surface area contributed by atoms with Crippen molar-refractivity contribution < 1.29 is 38.3 Å². The zero-order valence-electron chi connectivity index (χ0n) is 14.2. The monoisotopic (exact) mass is 338 g/mol. The lowest BCUT2D eigenvalue weighted by atomic mass is 10.4. The molecule has 0 aliphatic rings. The number of aliphatic carboxylic acids is 1. The summed E-state index contributed by atoms with van der Waals surface area (Å²) in [6, 6.07) is 0. The molecule has 1 N–H and O–H groups in total. The molecule has 0 spiro atoms. The van der Waals surface area contributed by atoms with Crippen LogP contribution in [0.15, 0.2) is 0 Å². The Hall–Kier alpha value is -0.770. The molecular formula is C15H30O8. The Morgan fingerprint density at radius 1 is 0.739 bits per heavy atom. The summed E-state index contributed by atoms with van der Waals surface area (Å²) in [5, 5.41) is 8.60. The molecule has 0 saturated carbocycles. The highest BCUT2D eigenvalue weighted by Gasteiger charge is 2.09. The summed E-state index contributed by atoms with van der Waals surface area (Å²) in [4.78, 5) is 10.5. The molecule has 0 aromatic carbocycles. The first-order valence-corrected chi connectivity index (χ1v) is 7.91. The minimum atomic E-state index is -0.979. The molecule has 0 saturated heterocycles. The van der Waals surface area contributed by atoms with Crippen molar-refractivity contribution in [3.8, 4) is 0 Å². The Labute approximate surface area is 137 Å². The Morgan fingerprint density at radius 2 is 1.09 bits per heavy atom. The van der Waals surface area contributed by atoms with Crippen LogP contribution in [0.3, 0.4) is 0 Å². The maximum atomic E-state index is 10.5. The maximum Gasteiger partial charge on any atom is 0.332 e. The van der Waals surface area contributed by atoms with E-state index in [1.54, 1.807) is 0 Å². The van der Waals surface area contributed by atoms with E-state index in [2.05, 4.69) is 0 Å². The van der Waals surface area contributed by atoms with E-state index in [1.807, 2.05) is 6.92 Å². The minimum Gasteiger partial charge on any atom is -0.479 e. The second kappa shape index (κ2) is 17.6. The van der Waals surface area contributed by atoms with Gasteiger partial charge in [-0.1, -0.05) is 0 Å². The van der Waals surface area contributed by atoms with E-state index in [-0.39, 0.29) is 6.61 Å². The fourth-order valence-electron chi connectivity index (χ4n) is 1.38. The Bertz CT molecular complexity index is 262. The minimum absolute atomic E-state index is 0.250. The van der Waals surface area contributed by atoms with Crippen LogP contribution in [0.25, 0.3) is 0 Å². The standard InChI is InChI=1S/C15H30O8/c1-3-18-4-5-19-6-7-20-8-9-21-10-11-22-12-13-23-14(2)15(16)17/h14H,3-13H2,1-2H3,(H,16,17). The van der Waals surface area contributed by atoms with Crippen LogP contribution in [0.4, 0.5) is 0 Å². The molecule has 138 valence electrons. The number of carbonyl (C=O) groups is 1. The van der Waals surface area contributed by atoms with Crippen LogP contribution in [0.1, 0.15) is 13.8 Å². The van der Waals surface area contributed by atoms with Crippen LogP contribution in [0.2, 0.25) is 0 Å². The predicted molar refractivity (Wildman–Crippen MR) is 82.8 cm³/mol. The summed E-state index contributed by atoms with van der Waals surface area (Å²) >= 11 is 0. The lowest BCUT2D eigenvalue weighted by Crippen LogP contribution is -2.22. The van der Waals surface area contributed by atoms with Crippen molar-refractivity contribution in [3.63, 3.8) is 0 Å². The molecular weight excluding hydrogens is 308 g/mol. The van der Waals surface area contributed by atoms with Crippen molar-refractivity contribution in [2.75, 3.05) is 72.7 Å². The van der Waals surface area contributed by atoms with E-state index in [1.165, 1.54) is 6.92 Å². The summed E-state index contributed by atoms with van der Waals surface area (Å²) in [5.74, 6) is -0.979. The number of carboxylic acid groups (broad SMARTS) is 1. The summed E-state index contributed by atoms with van der Waals surface area (Å²) < 4.78 is 31.3. The molecule has 0 aliphatic carbocycles. The van der Waals surface area contributed by atoms with E-state index >= 15 is 0 Å². The van der Waals surface area contributed by atoms with Gasteiger partial charge in [0.05, 0.1) is 66.1 Å². The lowest BCUT2D eigenvalue weighted by Gasteiger charge is -2.09. The van der Waals surface area contributed by atoms with Gasteiger partial charge in [-0.05, 0) is 13.8 Å². The van der Waals surface area contributed by atoms with Crippen molar-refractivity contribution in [2.24, 2.45) is 0 Å². The smallest absolute Gasteiger partial charge is 0.332 e. The molecule has 8 nitrogen and oxygen atoms in total. The van der Waals surface area contributed by atoms with Gasteiger partial charge >= 0.3 is 5.97 Å². The average Bonchev–Trinajstić information content (AvgIpc) is 2.54. The Kier molecular flexibility index (Phi) is 17.0. The molecule has 0 fully saturated rings. The zero-order valence-corrected chi connectivity index (χ0v) is 14.2. The van der Waals surface area contributed by atoms with Crippen molar-refractivity contribution >= 4 is 5.97 Å². The largest absolute Gasteiger partial charge is 0.479 e. The first kappa shape index (κ1) is 22.2. The van der Waals surface area contributed by atoms with Crippen LogP contribution in [-0.2, 0) is 33.2 Å². The number of hydrogen-bond donors (Lipinski definition) is 1. The zero-order chi connectivity index (χ0) is 17.2. The first-order valence-electron chi connectivity index (χ1n) is 7.91. The van der Waals surface area contributed by atoms with Gasteiger partial charge in [-0.2, -0.15) is 0 Å². The number of rotatable bonds is 18. The summed E-state index contributed by atoms with van der Waals surface area (Å²) in [6.07, 6.45) is -0.810. The van der Waals surface area contributed by atoms with Crippen LogP contribution in [-0.4, -0.2) is 89.9 Å². The number of ether oxygens (including phenoxy) is 6. The summed E-state index contributed by atoms with van der Waals surface area (Å²) in [6.45, 7) is 8.90. The van der Waals surface area contributed by atoms with Gasteiger partial charge in [-0.3, -0.25) is 0 Å². The van der Waals surface area contributed by atoms with Crippen molar-refractivity contribution in [2.45, 2.75) is 20.0 Å². The fourth-order valence-corrected chi connectivity index (χ4v) is 1.38. The average molecular weight is 338 g/mol. The molecule has 0 aromatic heterocycles. The third-order valence-corrected chi connectivity index (χ3v) is 2.64. The molecule has 0 bridgehead atoms. The van der Waals surface area contributed by atoms with Gasteiger partial charge in [0, 0.05) is 6.61 Å². The van der Waals surface area contributed by atoms with Crippen LogP contribution in [0.5, 0.6) is 0 Å². The number of hydrogen-bond acceptors (Lipinski definition) is 7. The van der Waals surface area contributed by atoms with E-state index in [9.17, 15) is 4.79 Å². The highest BCUT2D eigenvalue weighted by atomic mass is 16.6. The molecule has 0 aromatic rings. The van der Waals surface area contributed by atoms with E-state index < -0.39 is 12.1 Å². The van der Waals surface area contributed by atoms with E-state index in [4.69, 9.17) is 33.5 Å². The molecule has 1 unspecified atom stereocenters. The van der Waals surface area contributed by atoms with Crippen molar-refractivity contribution in [1.82, 2.24) is 0 Å². The third kappa shape index (κ3) is 17.4. The topological polar surface area (TPSA) is 92.7 Å². The molecule has 0 rings (SSSR count). The second-order valence-corrected chi connectivity index (χ2v) is 4.50. The molecule has 0 heterocycles. The Morgan fingerprint density at radius 3 is 1.43 bits per heavy atom. The molecule has 23 heavy (non-hydrogen) atoms. The fraction of sp³-hybridized carbons (Fsp3) is 0.933. The third-order valence-electron chi connectivity index (χ3n) is 2.64. The van der Waals surface area contributed by atoms with Gasteiger partial charge in [0.2, 0.25) is 0 Å². The van der Waals surface area contributed by atoms with Gasteiger partial charge in [0.25, 0.3) is 0 Å². The number of carboxylic acids is 1.